The number of aromatic amines is 1. The number of hydrogen-bond acceptors (Lipinski definition) is 5. The van der Waals surface area contributed by atoms with E-state index >= 15 is 0 Å². The molecule has 1 heterocycles. The first-order valence-electron chi connectivity index (χ1n) is 8.88. The second-order valence-corrected chi connectivity index (χ2v) is 6.04. The molecule has 2 atom stereocenters. The predicted octanol–water partition coefficient (Wildman–Crippen LogP) is 1.69. The van der Waals surface area contributed by atoms with E-state index in [1.807, 2.05) is 66.7 Å². The van der Waals surface area contributed by atoms with E-state index in [1.165, 1.54) is 0 Å². The summed E-state index contributed by atoms with van der Waals surface area (Å²) in [6, 6.07) is 18.9. The lowest BCUT2D eigenvalue weighted by Crippen LogP contribution is -2.32. The van der Waals surface area contributed by atoms with Crippen LogP contribution in [-0.4, -0.2) is 44.4 Å². The van der Waals surface area contributed by atoms with E-state index < -0.39 is 24.0 Å². The molecule has 8 heteroatoms. The van der Waals surface area contributed by atoms with Gasteiger partial charge in [0.15, 0.2) is 0 Å². The molecule has 3 rings (SSSR count). The largest absolute Gasteiger partial charge is 0.480 e. The van der Waals surface area contributed by atoms with Crippen molar-refractivity contribution in [3.05, 3.63) is 90.3 Å². The van der Waals surface area contributed by atoms with Gasteiger partial charge < -0.3 is 21.7 Å². The van der Waals surface area contributed by atoms with Crippen LogP contribution in [0.5, 0.6) is 0 Å². The van der Waals surface area contributed by atoms with E-state index in [0.717, 1.165) is 11.1 Å². The summed E-state index contributed by atoms with van der Waals surface area (Å²) in [6.07, 6.45) is 4.23. The summed E-state index contributed by atoms with van der Waals surface area (Å²) >= 11 is 0. The molecule has 0 saturated carbocycles. The summed E-state index contributed by atoms with van der Waals surface area (Å²) < 4.78 is 0. The van der Waals surface area contributed by atoms with Crippen molar-refractivity contribution >= 4 is 11.9 Å². The molecule has 0 aliphatic rings. The standard InChI is InChI=1S/2C9H11NO2.C3H4N2/c2*10-8(9(11)12)6-7-4-2-1-3-5-7;1-2-4-5-3-1/h2*1-5,8H,6,10H2,(H,11,12);1-3H,(H,4,5). The topological polar surface area (TPSA) is 155 Å². The first kappa shape index (κ1) is 23.5. The van der Waals surface area contributed by atoms with Crippen molar-refractivity contribution in [3.63, 3.8) is 0 Å². The molecule has 0 amide bonds. The number of rotatable bonds is 6. The van der Waals surface area contributed by atoms with Crippen LogP contribution in [0.25, 0.3) is 0 Å². The molecule has 29 heavy (non-hydrogen) atoms. The second-order valence-electron chi connectivity index (χ2n) is 6.04. The van der Waals surface area contributed by atoms with Gasteiger partial charge in [-0.15, -0.1) is 0 Å². The molecule has 0 radical (unpaired) electrons. The molecule has 0 aliphatic heterocycles. The van der Waals surface area contributed by atoms with Gasteiger partial charge >= 0.3 is 11.9 Å². The third-order valence-electron chi connectivity index (χ3n) is 3.64. The molecule has 1 aromatic heterocycles. The maximum Gasteiger partial charge on any atom is 0.320 e. The Bertz CT molecular complexity index is 737. The number of H-pyrrole nitrogens is 1. The zero-order valence-corrected chi connectivity index (χ0v) is 15.9. The number of carboxylic acid groups (broad SMARTS) is 2. The van der Waals surface area contributed by atoms with E-state index in [2.05, 4.69) is 10.2 Å². The second kappa shape index (κ2) is 13.6. The van der Waals surface area contributed by atoms with Crippen molar-refractivity contribution in [2.45, 2.75) is 24.9 Å². The Hall–Kier alpha value is -3.49. The number of hydrogen-bond donors (Lipinski definition) is 5. The van der Waals surface area contributed by atoms with Gasteiger partial charge in [0.25, 0.3) is 0 Å². The zero-order chi connectivity index (χ0) is 21.5. The molecule has 2 unspecified atom stereocenters. The fourth-order valence-electron chi connectivity index (χ4n) is 2.13. The van der Waals surface area contributed by atoms with Crippen LogP contribution in [0.3, 0.4) is 0 Å². The fourth-order valence-corrected chi connectivity index (χ4v) is 2.13. The van der Waals surface area contributed by atoms with Crippen LogP contribution in [-0.2, 0) is 22.4 Å². The Kier molecular flexibility index (Phi) is 11.1. The van der Waals surface area contributed by atoms with Gasteiger partial charge in [-0.1, -0.05) is 60.7 Å². The van der Waals surface area contributed by atoms with E-state index in [1.54, 1.807) is 12.4 Å². The van der Waals surface area contributed by atoms with Crippen LogP contribution in [0.1, 0.15) is 11.1 Å². The van der Waals surface area contributed by atoms with Crippen molar-refractivity contribution in [2.75, 3.05) is 0 Å². The lowest BCUT2D eigenvalue weighted by Gasteiger charge is -2.04. The summed E-state index contributed by atoms with van der Waals surface area (Å²) in [5.74, 6) is -1.92. The minimum absolute atomic E-state index is 0.385. The normalized spacial score (nSPS) is 11.7. The third-order valence-corrected chi connectivity index (χ3v) is 3.64. The smallest absolute Gasteiger partial charge is 0.320 e. The molecular weight excluding hydrogens is 372 g/mol. The number of carboxylic acids is 2. The highest BCUT2D eigenvalue weighted by molar-refractivity contribution is 5.73. The number of carbonyl (C=O) groups is 2. The fraction of sp³-hybridized carbons (Fsp3) is 0.190. The summed E-state index contributed by atoms with van der Waals surface area (Å²) in [6.45, 7) is 0. The van der Waals surface area contributed by atoms with Gasteiger partial charge in [-0.25, -0.2) is 0 Å². The number of aliphatic carboxylic acids is 2. The van der Waals surface area contributed by atoms with Crippen LogP contribution in [0.4, 0.5) is 0 Å². The minimum Gasteiger partial charge on any atom is -0.480 e. The van der Waals surface area contributed by atoms with Crippen LogP contribution in [0, 0.1) is 0 Å². The molecule has 2 aromatic carbocycles. The first-order valence-corrected chi connectivity index (χ1v) is 8.88. The number of nitrogens with one attached hydrogen (secondary N) is 1. The number of nitrogens with two attached hydrogens (primary N) is 2. The SMILES string of the molecule is NC(Cc1ccccc1)C(=O)O.NC(Cc1ccccc1)C(=O)O.c1cn[nH]c1. The van der Waals surface area contributed by atoms with Gasteiger partial charge in [0.1, 0.15) is 12.1 Å². The van der Waals surface area contributed by atoms with Gasteiger partial charge in [0, 0.05) is 12.4 Å². The molecule has 154 valence electrons. The third kappa shape index (κ3) is 11.1. The summed E-state index contributed by atoms with van der Waals surface area (Å²) in [5, 5.41) is 23.2. The minimum atomic E-state index is -0.959. The van der Waals surface area contributed by atoms with Crippen LogP contribution in [0.15, 0.2) is 79.1 Å². The van der Waals surface area contributed by atoms with Gasteiger partial charge in [-0.3, -0.25) is 14.7 Å². The first-order chi connectivity index (χ1) is 13.9. The van der Waals surface area contributed by atoms with Crippen molar-refractivity contribution < 1.29 is 19.8 Å². The zero-order valence-electron chi connectivity index (χ0n) is 15.9. The van der Waals surface area contributed by atoms with Crippen LogP contribution >= 0.6 is 0 Å². The molecule has 0 saturated heterocycles. The Morgan fingerprint density at radius 2 is 1.21 bits per heavy atom. The van der Waals surface area contributed by atoms with Crippen molar-refractivity contribution in [1.29, 1.82) is 0 Å². The molecule has 0 aliphatic carbocycles. The number of nitrogens with zero attached hydrogens (tertiary/aromatic N) is 1. The molecule has 3 aromatic rings. The molecule has 7 N–H and O–H groups in total. The predicted molar refractivity (Wildman–Crippen MR) is 110 cm³/mol. The van der Waals surface area contributed by atoms with Gasteiger partial charge in [0.2, 0.25) is 0 Å². The average molecular weight is 398 g/mol. The highest BCUT2D eigenvalue weighted by Gasteiger charge is 2.11. The molecule has 0 fully saturated rings. The van der Waals surface area contributed by atoms with Crippen molar-refractivity contribution in [1.82, 2.24) is 10.2 Å². The molecular formula is C21H26N4O4. The summed E-state index contributed by atoms with van der Waals surface area (Å²) in [7, 11) is 0. The maximum absolute atomic E-state index is 10.4. The van der Waals surface area contributed by atoms with Crippen LogP contribution in [0.2, 0.25) is 0 Å². The van der Waals surface area contributed by atoms with Crippen LogP contribution < -0.4 is 11.5 Å². The lowest BCUT2D eigenvalue weighted by molar-refractivity contribution is -0.139. The van der Waals surface area contributed by atoms with Gasteiger partial charge in [-0.05, 0) is 30.0 Å². The van der Waals surface area contributed by atoms with Crippen molar-refractivity contribution in [3.8, 4) is 0 Å². The highest BCUT2D eigenvalue weighted by atomic mass is 16.4. The number of benzene rings is 2. The van der Waals surface area contributed by atoms with Gasteiger partial charge in [0.05, 0.1) is 0 Å². The van der Waals surface area contributed by atoms with Gasteiger partial charge in [-0.2, -0.15) is 5.10 Å². The Morgan fingerprint density at radius 1 is 0.793 bits per heavy atom. The quantitative estimate of drug-likeness (QED) is 0.423. The maximum atomic E-state index is 10.4. The van der Waals surface area contributed by atoms with E-state index in [9.17, 15) is 9.59 Å². The number of aromatic nitrogens is 2. The Balaban J connectivity index is 0.000000235. The summed E-state index contributed by atoms with van der Waals surface area (Å²) in [4.78, 5) is 20.8. The average Bonchev–Trinajstić information content (AvgIpc) is 3.30. The Labute approximate surface area is 169 Å². The van der Waals surface area contributed by atoms with E-state index in [4.69, 9.17) is 21.7 Å². The lowest BCUT2D eigenvalue weighted by atomic mass is 10.1. The monoisotopic (exact) mass is 398 g/mol. The van der Waals surface area contributed by atoms with E-state index in [-0.39, 0.29) is 0 Å². The molecule has 8 nitrogen and oxygen atoms in total. The van der Waals surface area contributed by atoms with Crippen molar-refractivity contribution in [2.24, 2.45) is 11.5 Å². The molecule has 0 bridgehead atoms. The summed E-state index contributed by atoms with van der Waals surface area (Å²) in [5.41, 5.74) is 12.6. The molecule has 0 spiro atoms. The van der Waals surface area contributed by atoms with E-state index in [0.29, 0.717) is 12.8 Å². The Morgan fingerprint density at radius 3 is 1.45 bits per heavy atom. The highest BCUT2D eigenvalue weighted by Crippen LogP contribution is 2.02.